The largest absolute Gasteiger partial charge is 0.497 e. The number of methoxy groups -OCH3 is 1. The van der Waals surface area contributed by atoms with Crippen LogP contribution >= 0.6 is 0 Å². The van der Waals surface area contributed by atoms with Gasteiger partial charge in [-0.25, -0.2) is 0 Å². The lowest BCUT2D eigenvalue weighted by Gasteiger charge is -2.05. The van der Waals surface area contributed by atoms with Crippen molar-refractivity contribution in [2.75, 3.05) is 7.11 Å². The Balaban J connectivity index is 2.41. The summed E-state index contributed by atoms with van der Waals surface area (Å²) in [6, 6.07) is 5.85. The number of fused-ring (bicyclic) bond motifs is 1. The van der Waals surface area contributed by atoms with E-state index < -0.39 is 0 Å². The first-order chi connectivity index (χ1) is 5.81. The Morgan fingerprint density at radius 3 is 3.08 bits per heavy atom. The van der Waals surface area contributed by atoms with Crippen molar-refractivity contribution in [3.05, 3.63) is 29.3 Å². The highest BCUT2D eigenvalue weighted by atomic mass is 16.5. The van der Waals surface area contributed by atoms with E-state index in [1.54, 1.807) is 7.11 Å². The number of aliphatic hydroxyl groups is 1. The van der Waals surface area contributed by atoms with E-state index in [1.807, 2.05) is 18.2 Å². The maximum absolute atomic E-state index is 9.50. The van der Waals surface area contributed by atoms with Gasteiger partial charge >= 0.3 is 0 Å². The summed E-state index contributed by atoms with van der Waals surface area (Å²) >= 11 is 0. The summed E-state index contributed by atoms with van der Waals surface area (Å²) in [7, 11) is 1.66. The number of rotatable bonds is 1. The van der Waals surface area contributed by atoms with E-state index in [0.29, 0.717) is 0 Å². The van der Waals surface area contributed by atoms with Crippen LogP contribution in [0.15, 0.2) is 18.2 Å². The fourth-order valence-electron chi connectivity index (χ4n) is 1.70. The lowest BCUT2D eigenvalue weighted by Crippen LogP contribution is -1.90. The predicted octanol–water partition coefficient (Wildman–Crippen LogP) is 1.67. The first kappa shape index (κ1) is 7.62. The lowest BCUT2D eigenvalue weighted by atomic mass is 10.1. The van der Waals surface area contributed by atoms with E-state index in [9.17, 15) is 5.11 Å². The zero-order valence-corrected chi connectivity index (χ0v) is 7.08. The Hall–Kier alpha value is -1.02. The average molecular weight is 164 g/mol. The second-order valence-corrected chi connectivity index (χ2v) is 3.12. The zero-order valence-electron chi connectivity index (χ0n) is 7.08. The van der Waals surface area contributed by atoms with Gasteiger partial charge in [-0.3, -0.25) is 0 Å². The number of hydrogen-bond acceptors (Lipinski definition) is 2. The molecular formula is C10H12O2. The summed E-state index contributed by atoms with van der Waals surface area (Å²) in [5, 5.41) is 9.50. The van der Waals surface area contributed by atoms with Crippen molar-refractivity contribution >= 4 is 0 Å². The van der Waals surface area contributed by atoms with E-state index in [0.717, 1.165) is 24.2 Å². The van der Waals surface area contributed by atoms with Crippen LogP contribution in [-0.2, 0) is 6.42 Å². The molecule has 1 aliphatic rings. The average Bonchev–Trinajstić information content (AvgIpc) is 2.47. The molecule has 0 amide bonds. The molecule has 0 radical (unpaired) electrons. The number of aliphatic hydroxyl groups excluding tert-OH is 1. The van der Waals surface area contributed by atoms with Gasteiger partial charge in [-0.1, -0.05) is 6.07 Å². The number of aryl methyl sites for hydroxylation is 1. The molecule has 1 aromatic rings. The smallest absolute Gasteiger partial charge is 0.119 e. The highest BCUT2D eigenvalue weighted by Gasteiger charge is 2.19. The molecule has 64 valence electrons. The van der Waals surface area contributed by atoms with Crippen molar-refractivity contribution in [2.24, 2.45) is 0 Å². The van der Waals surface area contributed by atoms with E-state index in [1.165, 1.54) is 5.56 Å². The minimum absolute atomic E-state index is 0.258. The minimum Gasteiger partial charge on any atom is -0.497 e. The van der Waals surface area contributed by atoms with Gasteiger partial charge in [0.05, 0.1) is 13.2 Å². The monoisotopic (exact) mass is 164 g/mol. The van der Waals surface area contributed by atoms with Crippen LogP contribution in [0.1, 0.15) is 23.7 Å². The van der Waals surface area contributed by atoms with Crippen molar-refractivity contribution in [3.8, 4) is 5.75 Å². The molecule has 2 rings (SSSR count). The van der Waals surface area contributed by atoms with Gasteiger partial charge in [0.1, 0.15) is 5.75 Å². The van der Waals surface area contributed by atoms with Crippen molar-refractivity contribution in [2.45, 2.75) is 18.9 Å². The molecule has 0 aliphatic heterocycles. The van der Waals surface area contributed by atoms with Gasteiger partial charge in [-0.2, -0.15) is 0 Å². The third-order valence-electron chi connectivity index (χ3n) is 2.40. The molecule has 2 nitrogen and oxygen atoms in total. The van der Waals surface area contributed by atoms with Crippen LogP contribution in [0.5, 0.6) is 5.75 Å². The molecule has 2 heteroatoms. The molecule has 0 saturated heterocycles. The fourth-order valence-corrected chi connectivity index (χ4v) is 1.70. The first-order valence-electron chi connectivity index (χ1n) is 4.16. The van der Waals surface area contributed by atoms with Crippen LogP contribution in [0.3, 0.4) is 0 Å². The maximum Gasteiger partial charge on any atom is 0.119 e. The molecule has 0 heterocycles. The molecule has 0 saturated carbocycles. The molecule has 1 atom stereocenters. The Morgan fingerprint density at radius 2 is 2.33 bits per heavy atom. The van der Waals surface area contributed by atoms with Gasteiger partial charge in [0.25, 0.3) is 0 Å². The molecule has 0 aromatic heterocycles. The van der Waals surface area contributed by atoms with Gasteiger partial charge in [0.15, 0.2) is 0 Å². The molecule has 1 N–H and O–H groups in total. The van der Waals surface area contributed by atoms with Gasteiger partial charge in [0.2, 0.25) is 0 Å². The van der Waals surface area contributed by atoms with Crippen molar-refractivity contribution in [1.82, 2.24) is 0 Å². The first-order valence-corrected chi connectivity index (χ1v) is 4.16. The van der Waals surface area contributed by atoms with E-state index in [2.05, 4.69) is 0 Å². The van der Waals surface area contributed by atoms with Crippen LogP contribution in [0.25, 0.3) is 0 Å². The summed E-state index contributed by atoms with van der Waals surface area (Å²) in [5.41, 5.74) is 2.29. The summed E-state index contributed by atoms with van der Waals surface area (Å²) in [4.78, 5) is 0. The van der Waals surface area contributed by atoms with E-state index in [4.69, 9.17) is 4.74 Å². The summed E-state index contributed by atoms with van der Waals surface area (Å²) in [5.74, 6) is 0.878. The second-order valence-electron chi connectivity index (χ2n) is 3.12. The van der Waals surface area contributed by atoms with Gasteiger partial charge < -0.3 is 9.84 Å². The van der Waals surface area contributed by atoms with Crippen molar-refractivity contribution in [3.63, 3.8) is 0 Å². The molecule has 12 heavy (non-hydrogen) atoms. The molecule has 0 bridgehead atoms. The Bertz CT molecular complexity index is 294. The molecule has 1 aliphatic carbocycles. The molecule has 0 unspecified atom stereocenters. The lowest BCUT2D eigenvalue weighted by molar-refractivity contribution is 0.180. The summed E-state index contributed by atoms with van der Waals surface area (Å²) < 4.78 is 5.09. The Labute approximate surface area is 71.8 Å². The van der Waals surface area contributed by atoms with Gasteiger partial charge in [0, 0.05) is 0 Å². The van der Waals surface area contributed by atoms with Crippen molar-refractivity contribution in [1.29, 1.82) is 0 Å². The van der Waals surface area contributed by atoms with E-state index >= 15 is 0 Å². The van der Waals surface area contributed by atoms with Crippen LogP contribution < -0.4 is 4.74 Å². The zero-order chi connectivity index (χ0) is 8.55. The molecule has 0 fully saturated rings. The standard InChI is InChI=1S/C10H12O2/c1-12-8-3-4-9-7(6-8)2-5-10(9)11/h3-4,6,10-11H,2,5H2,1H3/t10-/m1/s1. The third-order valence-corrected chi connectivity index (χ3v) is 2.40. The Morgan fingerprint density at radius 1 is 1.50 bits per heavy atom. The molecule has 1 aromatic carbocycles. The normalized spacial score (nSPS) is 20.7. The predicted molar refractivity (Wildman–Crippen MR) is 46.3 cm³/mol. The quantitative estimate of drug-likeness (QED) is 0.684. The highest BCUT2D eigenvalue weighted by Crippen LogP contribution is 2.32. The maximum atomic E-state index is 9.50. The fraction of sp³-hybridized carbons (Fsp3) is 0.400. The third kappa shape index (κ3) is 1.08. The van der Waals surface area contributed by atoms with Crippen molar-refractivity contribution < 1.29 is 9.84 Å². The van der Waals surface area contributed by atoms with Crippen LogP contribution in [-0.4, -0.2) is 12.2 Å². The van der Waals surface area contributed by atoms with Crippen LogP contribution in [0.2, 0.25) is 0 Å². The Kier molecular flexibility index (Phi) is 1.77. The molecule has 0 spiro atoms. The van der Waals surface area contributed by atoms with Crippen LogP contribution in [0, 0.1) is 0 Å². The number of ether oxygens (including phenoxy) is 1. The summed E-state index contributed by atoms with van der Waals surface area (Å²) in [6.07, 6.45) is 1.56. The second kappa shape index (κ2) is 2.79. The summed E-state index contributed by atoms with van der Waals surface area (Å²) in [6.45, 7) is 0. The molecular weight excluding hydrogens is 152 g/mol. The number of benzene rings is 1. The van der Waals surface area contributed by atoms with E-state index in [-0.39, 0.29) is 6.10 Å². The SMILES string of the molecule is COc1ccc2c(c1)CC[C@H]2O. The number of hydrogen-bond donors (Lipinski definition) is 1. The van der Waals surface area contributed by atoms with Crippen LogP contribution in [0.4, 0.5) is 0 Å². The minimum atomic E-state index is -0.258. The van der Waals surface area contributed by atoms with Gasteiger partial charge in [-0.15, -0.1) is 0 Å². The highest BCUT2D eigenvalue weighted by molar-refractivity contribution is 5.39. The topological polar surface area (TPSA) is 29.5 Å². The van der Waals surface area contributed by atoms with Gasteiger partial charge in [-0.05, 0) is 36.1 Å².